The normalized spacial score (nSPS) is 12.3. The van der Waals surface area contributed by atoms with Crippen molar-refractivity contribution in [3.63, 3.8) is 0 Å². The molecule has 226 valence electrons. The van der Waals surface area contributed by atoms with Gasteiger partial charge < -0.3 is 10.2 Å². The van der Waals surface area contributed by atoms with Gasteiger partial charge in [-0.25, -0.2) is 4.31 Å². The summed E-state index contributed by atoms with van der Waals surface area (Å²) in [6, 6.07) is 22.0. The van der Waals surface area contributed by atoms with Crippen LogP contribution in [0.15, 0.2) is 72.8 Å². The zero-order chi connectivity index (χ0) is 31.0. The molecule has 0 saturated carbocycles. The van der Waals surface area contributed by atoms with Crippen LogP contribution in [0, 0.1) is 26.7 Å². The standard InChI is InChI=1S/C33H44N4O4S/c1-24(2)21-34-33(39)31(20-28-11-9-8-10-12-28)36(22-29-17-14-25(3)15-18-29)32(38)23-37(42(40,41)35(6)7)30-19-26(4)13-16-27(30)5/h8-19,24,31H,20-23H2,1-7H3,(H,34,39)/t31-/m0/s1. The Hall–Kier alpha value is -3.69. The zero-order valence-corrected chi connectivity index (χ0v) is 26.6. The smallest absolute Gasteiger partial charge is 0.304 e. The second kappa shape index (κ2) is 14.5. The first-order chi connectivity index (χ1) is 19.8. The van der Waals surface area contributed by atoms with Crippen molar-refractivity contribution in [1.29, 1.82) is 0 Å². The molecule has 0 fully saturated rings. The molecule has 2 amide bonds. The number of carbonyl (C=O) groups excluding carboxylic acids is 2. The molecule has 1 atom stereocenters. The van der Waals surface area contributed by atoms with Crippen molar-refractivity contribution in [3.8, 4) is 0 Å². The third-order valence-corrected chi connectivity index (χ3v) is 8.89. The van der Waals surface area contributed by atoms with E-state index in [1.807, 2.05) is 101 Å². The third kappa shape index (κ3) is 8.66. The van der Waals surface area contributed by atoms with Gasteiger partial charge in [-0.3, -0.25) is 9.59 Å². The monoisotopic (exact) mass is 592 g/mol. The molecule has 0 aliphatic rings. The van der Waals surface area contributed by atoms with Crippen molar-refractivity contribution in [1.82, 2.24) is 14.5 Å². The van der Waals surface area contributed by atoms with Gasteiger partial charge in [0.1, 0.15) is 12.6 Å². The maximum Gasteiger partial charge on any atom is 0.304 e. The van der Waals surface area contributed by atoms with Crippen LogP contribution in [0.4, 0.5) is 5.69 Å². The van der Waals surface area contributed by atoms with Crippen molar-refractivity contribution in [2.75, 3.05) is 31.5 Å². The Balaban J connectivity index is 2.11. The molecule has 0 aromatic heterocycles. The predicted octanol–water partition coefficient (Wildman–Crippen LogP) is 4.64. The maximum atomic E-state index is 14.4. The molecule has 0 saturated heterocycles. The molecule has 3 aromatic rings. The van der Waals surface area contributed by atoms with E-state index in [0.29, 0.717) is 12.2 Å². The molecule has 42 heavy (non-hydrogen) atoms. The second-order valence-electron chi connectivity index (χ2n) is 11.4. The zero-order valence-electron chi connectivity index (χ0n) is 25.8. The summed E-state index contributed by atoms with van der Waals surface area (Å²) in [4.78, 5) is 29.6. The lowest BCUT2D eigenvalue weighted by molar-refractivity contribution is -0.140. The number of carbonyl (C=O) groups is 2. The summed E-state index contributed by atoms with van der Waals surface area (Å²) in [7, 11) is -1.16. The first kappa shape index (κ1) is 32.8. The fraction of sp³-hybridized carbons (Fsp3) is 0.394. The van der Waals surface area contributed by atoms with E-state index in [1.165, 1.54) is 19.0 Å². The van der Waals surface area contributed by atoms with Crippen LogP contribution in [0.5, 0.6) is 0 Å². The van der Waals surface area contributed by atoms with Gasteiger partial charge in [-0.2, -0.15) is 12.7 Å². The van der Waals surface area contributed by atoms with Gasteiger partial charge >= 0.3 is 10.2 Å². The summed E-state index contributed by atoms with van der Waals surface area (Å²) in [5.41, 5.74) is 4.84. The Bertz CT molecular complexity index is 1460. The van der Waals surface area contributed by atoms with Crippen LogP contribution in [-0.2, 0) is 32.8 Å². The fourth-order valence-electron chi connectivity index (χ4n) is 4.56. The fourth-order valence-corrected chi connectivity index (χ4v) is 5.67. The Morgan fingerprint density at radius 1 is 0.833 bits per heavy atom. The minimum absolute atomic E-state index is 0.147. The Kier molecular flexibility index (Phi) is 11.3. The first-order valence-electron chi connectivity index (χ1n) is 14.2. The lowest BCUT2D eigenvalue weighted by Gasteiger charge is -2.35. The van der Waals surface area contributed by atoms with Crippen molar-refractivity contribution >= 4 is 27.7 Å². The summed E-state index contributed by atoms with van der Waals surface area (Å²) in [5.74, 6) is -0.526. The van der Waals surface area contributed by atoms with Crippen LogP contribution in [0.1, 0.15) is 41.7 Å². The van der Waals surface area contributed by atoms with E-state index in [0.717, 1.165) is 36.4 Å². The number of aryl methyl sites for hydroxylation is 3. The van der Waals surface area contributed by atoms with Gasteiger partial charge in [0.05, 0.1) is 5.69 Å². The van der Waals surface area contributed by atoms with E-state index in [2.05, 4.69) is 5.32 Å². The topological polar surface area (TPSA) is 90.0 Å². The molecule has 0 radical (unpaired) electrons. The molecule has 9 heteroatoms. The van der Waals surface area contributed by atoms with Crippen LogP contribution in [0.2, 0.25) is 0 Å². The van der Waals surface area contributed by atoms with Gasteiger partial charge in [0.15, 0.2) is 0 Å². The van der Waals surface area contributed by atoms with Crippen molar-refractivity contribution in [2.45, 2.75) is 53.6 Å². The number of rotatable bonds is 13. The van der Waals surface area contributed by atoms with Crippen LogP contribution in [-0.4, -0.2) is 62.7 Å². The molecular weight excluding hydrogens is 548 g/mol. The second-order valence-corrected chi connectivity index (χ2v) is 13.5. The number of hydrogen-bond donors (Lipinski definition) is 1. The van der Waals surface area contributed by atoms with E-state index in [9.17, 15) is 18.0 Å². The number of amides is 2. The molecule has 0 heterocycles. The average molecular weight is 593 g/mol. The number of anilines is 1. The van der Waals surface area contributed by atoms with E-state index in [1.54, 1.807) is 6.07 Å². The summed E-state index contributed by atoms with van der Waals surface area (Å²) in [6.45, 7) is 9.85. The Labute approximate surface area is 251 Å². The highest BCUT2D eigenvalue weighted by atomic mass is 32.2. The van der Waals surface area contributed by atoms with E-state index in [4.69, 9.17) is 0 Å². The number of nitrogens with zero attached hydrogens (tertiary/aromatic N) is 3. The van der Waals surface area contributed by atoms with Gasteiger partial charge in [0, 0.05) is 33.6 Å². The van der Waals surface area contributed by atoms with Crippen molar-refractivity contribution in [3.05, 3.63) is 101 Å². The molecular formula is C33H44N4O4S. The summed E-state index contributed by atoms with van der Waals surface area (Å²) >= 11 is 0. The molecule has 0 unspecified atom stereocenters. The highest BCUT2D eigenvalue weighted by Crippen LogP contribution is 2.26. The highest BCUT2D eigenvalue weighted by molar-refractivity contribution is 7.90. The average Bonchev–Trinajstić information content (AvgIpc) is 2.95. The Morgan fingerprint density at radius 3 is 2.05 bits per heavy atom. The minimum Gasteiger partial charge on any atom is -0.354 e. The SMILES string of the molecule is Cc1ccc(CN(C(=O)CN(c2cc(C)ccc2C)S(=O)(=O)N(C)C)[C@@H](Cc2ccccc2)C(=O)NCC(C)C)cc1. The van der Waals surface area contributed by atoms with Gasteiger partial charge in [-0.15, -0.1) is 0 Å². The lowest BCUT2D eigenvalue weighted by Crippen LogP contribution is -2.54. The van der Waals surface area contributed by atoms with Gasteiger partial charge in [-0.1, -0.05) is 86.1 Å². The van der Waals surface area contributed by atoms with Crippen molar-refractivity contribution in [2.24, 2.45) is 5.92 Å². The van der Waals surface area contributed by atoms with E-state index >= 15 is 0 Å². The molecule has 0 aliphatic heterocycles. The number of nitrogens with one attached hydrogen (secondary N) is 1. The molecule has 1 N–H and O–H groups in total. The summed E-state index contributed by atoms with van der Waals surface area (Å²) < 4.78 is 29.5. The highest BCUT2D eigenvalue weighted by Gasteiger charge is 2.35. The minimum atomic E-state index is -4.05. The van der Waals surface area contributed by atoms with Gasteiger partial charge in [-0.05, 0) is 55.0 Å². The number of benzene rings is 3. The molecule has 0 spiro atoms. The van der Waals surface area contributed by atoms with Crippen LogP contribution in [0.25, 0.3) is 0 Å². The molecule has 3 rings (SSSR count). The third-order valence-electron chi connectivity index (χ3n) is 7.08. The van der Waals surface area contributed by atoms with Crippen molar-refractivity contribution < 1.29 is 18.0 Å². The largest absolute Gasteiger partial charge is 0.354 e. The number of hydrogen-bond acceptors (Lipinski definition) is 4. The Morgan fingerprint density at radius 2 is 1.45 bits per heavy atom. The van der Waals surface area contributed by atoms with Crippen LogP contribution in [0.3, 0.4) is 0 Å². The van der Waals surface area contributed by atoms with E-state index in [-0.39, 0.29) is 24.8 Å². The summed E-state index contributed by atoms with van der Waals surface area (Å²) in [6.07, 6.45) is 0.284. The lowest BCUT2D eigenvalue weighted by atomic mass is 10.0. The van der Waals surface area contributed by atoms with Gasteiger partial charge in [0.25, 0.3) is 0 Å². The van der Waals surface area contributed by atoms with Gasteiger partial charge in [0.2, 0.25) is 11.8 Å². The molecule has 8 nitrogen and oxygen atoms in total. The first-order valence-corrected chi connectivity index (χ1v) is 15.6. The van der Waals surface area contributed by atoms with E-state index < -0.39 is 28.7 Å². The predicted molar refractivity (Wildman–Crippen MR) is 169 cm³/mol. The van der Waals surface area contributed by atoms with Crippen LogP contribution < -0.4 is 9.62 Å². The summed E-state index contributed by atoms with van der Waals surface area (Å²) in [5, 5.41) is 3.01. The molecule has 0 aliphatic carbocycles. The molecule has 0 bridgehead atoms. The maximum absolute atomic E-state index is 14.4. The van der Waals surface area contributed by atoms with Crippen LogP contribution >= 0.6 is 0 Å². The quantitative estimate of drug-likeness (QED) is 0.313. The molecule has 3 aromatic carbocycles.